The predicted molar refractivity (Wildman–Crippen MR) is 114 cm³/mol. The number of benzene rings is 1. The molecule has 2 aliphatic rings. The van der Waals surface area contributed by atoms with Crippen LogP contribution in [0, 0.1) is 17.2 Å². The number of nitrogens with one attached hydrogen (secondary N) is 1. The Kier molecular flexibility index (Phi) is 5.44. The second kappa shape index (κ2) is 8.04. The van der Waals surface area contributed by atoms with Gasteiger partial charge in [-0.15, -0.1) is 11.3 Å². The molecule has 0 unspecified atom stereocenters. The maximum Gasteiger partial charge on any atom is 0.262 e. The lowest BCUT2D eigenvalue weighted by Crippen LogP contribution is -2.50. The lowest BCUT2D eigenvalue weighted by atomic mass is 9.95. The average Bonchev–Trinajstić information content (AvgIpc) is 3.23. The number of hydrogen-bond acceptors (Lipinski definition) is 5. The smallest absolute Gasteiger partial charge is 0.262 e. The van der Waals surface area contributed by atoms with E-state index in [1.807, 2.05) is 13.8 Å². The van der Waals surface area contributed by atoms with Crippen LogP contribution in [0.1, 0.15) is 69.8 Å². The molecule has 30 heavy (non-hydrogen) atoms. The minimum absolute atomic E-state index is 0.229. The first-order valence-corrected chi connectivity index (χ1v) is 11.1. The quantitative estimate of drug-likeness (QED) is 0.735. The number of nitriles is 1. The Hall–Kier alpha value is -2.98. The number of hydrogen-bond donors (Lipinski definition) is 1. The standard InChI is InChI=1S/C23H23N3O3S/c1-3-13(2)19(26-22(28)15-9-4-5-10-16(15)23(26)29)20(27)25-21-17(12-24)14-8-6-7-11-18(14)30-21/h4-5,9-10,13,19H,3,6-8,11H2,1-2H3,(H,25,27)/t13-,19-/m0/s1. The van der Waals surface area contributed by atoms with Crippen LogP contribution in [0.4, 0.5) is 5.00 Å². The van der Waals surface area contributed by atoms with Crippen LogP contribution in [-0.2, 0) is 17.6 Å². The second-order valence-corrected chi connectivity index (χ2v) is 8.98. The summed E-state index contributed by atoms with van der Waals surface area (Å²) in [5.41, 5.74) is 2.21. The van der Waals surface area contributed by atoms with Gasteiger partial charge in [0, 0.05) is 4.88 Å². The van der Waals surface area contributed by atoms with Crippen LogP contribution in [0.2, 0.25) is 0 Å². The first-order valence-electron chi connectivity index (χ1n) is 10.3. The molecule has 2 atom stereocenters. The van der Waals surface area contributed by atoms with Gasteiger partial charge < -0.3 is 5.32 Å². The van der Waals surface area contributed by atoms with Crippen molar-refractivity contribution in [3.8, 4) is 6.07 Å². The molecule has 2 aromatic rings. The van der Waals surface area contributed by atoms with Gasteiger partial charge in [0.25, 0.3) is 11.8 Å². The topological polar surface area (TPSA) is 90.3 Å². The van der Waals surface area contributed by atoms with Gasteiger partial charge in [0.05, 0.1) is 16.7 Å². The summed E-state index contributed by atoms with van der Waals surface area (Å²) in [7, 11) is 0. The van der Waals surface area contributed by atoms with Gasteiger partial charge >= 0.3 is 0 Å². The third-order valence-corrected chi connectivity index (χ3v) is 7.28. The Labute approximate surface area is 179 Å². The van der Waals surface area contributed by atoms with Crippen molar-refractivity contribution in [2.24, 2.45) is 5.92 Å². The van der Waals surface area contributed by atoms with Crippen molar-refractivity contribution in [1.82, 2.24) is 4.90 Å². The zero-order valence-electron chi connectivity index (χ0n) is 17.0. The Bertz CT molecular complexity index is 1050. The molecule has 7 heteroatoms. The lowest BCUT2D eigenvalue weighted by molar-refractivity contribution is -0.121. The maximum atomic E-state index is 13.4. The lowest BCUT2D eigenvalue weighted by Gasteiger charge is -2.29. The van der Waals surface area contributed by atoms with Gasteiger partial charge in [-0.2, -0.15) is 5.26 Å². The van der Waals surface area contributed by atoms with Crippen molar-refractivity contribution in [2.75, 3.05) is 5.32 Å². The Balaban J connectivity index is 1.67. The zero-order valence-corrected chi connectivity index (χ0v) is 17.8. The minimum atomic E-state index is -0.937. The molecular weight excluding hydrogens is 398 g/mol. The van der Waals surface area contributed by atoms with Gasteiger partial charge in [0.15, 0.2) is 0 Å². The number of rotatable bonds is 5. The molecule has 3 amide bonds. The highest BCUT2D eigenvalue weighted by Gasteiger charge is 2.44. The van der Waals surface area contributed by atoms with Crippen LogP contribution in [0.3, 0.4) is 0 Å². The number of imide groups is 1. The van der Waals surface area contributed by atoms with Crippen LogP contribution in [0.15, 0.2) is 24.3 Å². The number of carbonyl (C=O) groups excluding carboxylic acids is 3. The molecule has 0 bridgehead atoms. The Morgan fingerprint density at radius 1 is 1.20 bits per heavy atom. The average molecular weight is 422 g/mol. The largest absolute Gasteiger partial charge is 0.315 e. The highest BCUT2D eigenvalue weighted by atomic mass is 32.1. The normalized spacial score (nSPS) is 17.2. The summed E-state index contributed by atoms with van der Waals surface area (Å²) in [6, 6.07) is 7.95. The molecule has 0 radical (unpaired) electrons. The molecule has 1 aliphatic heterocycles. The third-order valence-electron chi connectivity index (χ3n) is 6.08. The zero-order chi connectivity index (χ0) is 21.4. The van der Waals surface area contributed by atoms with E-state index in [0.29, 0.717) is 28.1 Å². The summed E-state index contributed by atoms with van der Waals surface area (Å²) in [6.45, 7) is 3.78. The number of nitrogens with zero attached hydrogens (tertiary/aromatic N) is 2. The first kappa shape index (κ1) is 20.3. The number of thiophene rings is 1. The molecule has 0 saturated carbocycles. The summed E-state index contributed by atoms with van der Waals surface area (Å²) in [4.78, 5) is 41.6. The van der Waals surface area contributed by atoms with E-state index in [1.54, 1.807) is 24.3 Å². The molecule has 1 aromatic heterocycles. The van der Waals surface area contributed by atoms with E-state index in [9.17, 15) is 19.6 Å². The van der Waals surface area contributed by atoms with E-state index in [-0.39, 0.29) is 5.92 Å². The molecule has 0 fully saturated rings. The van der Waals surface area contributed by atoms with E-state index in [4.69, 9.17) is 0 Å². The Morgan fingerprint density at radius 3 is 2.43 bits per heavy atom. The fourth-order valence-corrected chi connectivity index (χ4v) is 5.51. The summed E-state index contributed by atoms with van der Waals surface area (Å²) < 4.78 is 0. The van der Waals surface area contributed by atoms with Crippen LogP contribution >= 0.6 is 11.3 Å². The van der Waals surface area contributed by atoms with E-state index < -0.39 is 23.8 Å². The first-order chi connectivity index (χ1) is 14.5. The third kappa shape index (κ3) is 3.21. The van der Waals surface area contributed by atoms with Crippen LogP contribution in [0.25, 0.3) is 0 Å². The molecule has 4 rings (SSSR count). The Morgan fingerprint density at radius 2 is 1.83 bits per heavy atom. The monoisotopic (exact) mass is 421 g/mol. The molecule has 1 N–H and O–H groups in total. The second-order valence-electron chi connectivity index (χ2n) is 7.87. The van der Waals surface area contributed by atoms with Crippen molar-refractivity contribution in [3.63, 3.8) is 0 Å². The molecule has 1 aliphatic carbocycles. The fraction of sp³-hybridized carbons (Fsp3) is 0.391. The van der Waals surface area contributed by atoms with Gasteiger partial charge in [-0.1, -0.05) is 32.4 Å². The highest BCUT2D eigenvalue weighted by molar-refractivity contribution is 7.16. The fourth-order valence-electron chi connectivity index (χ4n) is 4.27. The van der Waals surface area contributed by atoms with E-state index in [0.717, 1.165) is 41.0 Å². The van der Waals surface area contributed by atoms with E-state index in [2.05, 4.69) is 11.4 Å². The van der Waals surface area contributed by atoms with Gasteiger partial charge in [-0.05, 0) is 49.3 Å². The molecule has 154 valence electrons. The van der Waals surface area contributed by atoms with Crippen molar-refractivity contribution in [1.29, 1.82) is 5.26 Å². The number of aryl methyl sites for hydroxylation is 1. The van der Waals surface area contributed by atoms with Crippen molar-refractivity contribution < 1.29 is 14.4 Å². The molecule has 6 nitrogen and oxygen atoms in total. The molecule has 2 heterocycles. The van der Waals surface area contributed by atoms with Crippen LogP contribution < -0.4 is 5.32 Å². The van der Waals surface area contributed by atoms with E-state index in [1.165, 1.54) is 11.3 Å². The van der Waals surface area contributed by atoms with Crippen molar-refractivity contribution >= 4 is 34.1 Å². The molecule has 0 spiro atoms. The van der Waals surface area contributed by atoms with Crippen molar-refractivity contribution in [3.05, 3.63) is 51.4 Å². The van der Waals surface area contributed by atoms with Gasteiger partial charge in [0.1, 0.15) is 17.1 Å². The number of amides is 3. The molecule has 0 saturated heterocycles. The minimum Gasteiger partial charge on any atom is -0.315 e. The summed E-state index contributed by atoms with van der Waals surface area (Å²) >= 11 is 1.44. The maximum absolute atomic E-state index is 13.4. The number of anilines is 1. The van der Waals surface area contributed by atoms with Gasteiger partial charge in [0.2, 0.25) is 5.91 Å². The van der Waals surface area contributed by atoms with Crippen LogP contribution in [0.5, 0.6) is 0 Å². The summed E-state index contributed by atoms with van der Waals surface area (Å²) in [5.74, 6) is -1.54. The summed E-state index contributed by atoms with van der Waals surface area (Å²) in [6.07, 6.45) is 4.50. The van der Waals surface area contributed by atoms with E-state index >= 15 is 0 Å². The van der Waals surface area contributed by atoms with Gasteiger partial charge in [-0.3, -0.25) is 19.3 Å². The van der Waals surface area contributed by atoms with Gasteiger partial charge in [-0.25, -0.2) is 0 Å². The highest BCUT2D eigenvalue weighted by Crippen LogP contribution is 2.38. The SMILES string of the molecule is CC[C@H](C)[C@@H](C(=O)Nc1sc2c(c1C#N)CCCC2)N1C(=O)c2ccccc2C1=O. The number of fused-ring (bicyclic) bond motifs is 2. The van der Waals surface area contributed by atoms with Crippen LogP contribution in [-0.4, -0.2) is 28.7 Å². The molecular formula is C23H23N3O3S. The molecule has 1 aromatic carbocycles. The van der Waals surface area contributed by atoms with Crippen molar-refractivity contribution in [2.45, 2.75) is 52.0 Å². The number of carbonyl (C=O) groups is 3. The summed E-state index contributed by atoms with van der Waals surface area (Å²) in [5, 5.41) is 13.1. The predicted octanol–water partition coefficient (Wildman–Crippen LogP) is 4.15.